The van der Waals surface area contributed by atoms with E-state index in [0.29, 0.717) is 10.4 Å². The molecule has 1 amide bonds. The lowest BCUT2D eigenvalue weighted by molar-refractivity contribution is -0.127. The second kappa shape index (κ2) is 5.85. The summed E-state index contributed by atoms with van der Waals surface area (Å²) in [7, 11) is 1.82. The Labute approximate surface area is 136 Å². The molecular formula is C16H15N3O3S. The Morgan fingerprint density at radius 3 is 2.61 bits per heavy atom. The minimum Gasteiger partial charge on any atom is -0.443 e. The summed E-state index contributed by atoms with van der Waals surface area (Å²) in [5.41, 5.74) is 6.76. The number of benzene rings is 1. The minimum atomic E-state index is -1.10. The highest BCUT2D eigenvalue weighted by Gasteiger charge is 2.25. The van der Waals surface area contributed by atoms with Crippen LogP contribution in [0.2, 0.25) is 0 Å². The summed E-state index contributed by atoms with van der Waals surface area (Å²) in [4.78, 5) is 25.3. The number of carbonyl (C=O) groups is 2. The second-order valence-electron chi connectivity index (χ2n) is 5.14. The Bertz CT molecular complexity index is 848. The Hall–Kier alpha value is -2.67. The fraction of sp³-hybridized carbons (Fsp3) is 0.188. The normalized spacial score (nSPS) is 12.3. The summed E-state index contributed by atoms with van der Waals surface area (Å²) in [6, 6.07) is 10.4. The molecule has 3 rings (SSSR count). The summed E-state index contributed by atoms with van der Waals surface area (Å²) in [6.45, 7) is 1.88. The maximum absolute atomic E-state index is 12.4. The van der Waals surface area contributed by atoms with E-state index in [2.05, 4.69) is 5.10 Å². The lowest BCUT2D eigenvalue weighted by Crippen LogP contribution is -2.26. The fourth-order valence-electron chi connectivity index (χ4n) is 2.39. The molecule has 1 atom stereocenters. The first kappa shape index (κ1) is 15.2. The maximum atomic E-state index is 12.4. The molecule has 0 aliphatic carbocycles. The molecule has 0 bridgehead atoms. The van der Waals surface area contributed by atoms with Gasteiger partial charge in [-0.05, 0) is 13.0 Å². The Morgan fingerprint density at radius 1 is 1.30 bits per heavy atom. The van der Waals surface area contributed by atoms with Crippen LogP contribution in [0.4, 0.5) is 0 Å². The minimum absolute atomic E-state index is 0.415. The van der Waals surface area contributed by atoms with Crippen LogP contribution in [0.15, 0.2) is 36.4 Å². The monoisotopic (exact) mass is 329 g/mol. The van der Waals surface area contributed by atoms with Crippen LogP contribution in [-0.4, -0.2) is 21.7 Å². The number of nitrogens with two attached hydrogens (primary N) is 1. The quantitative estimate of drug-likeness (QED) is 0.744. The van der Waals surface area contributed by atoms with Gasteiger partial charge in [-0.15, -0.1) is 11.3 Å². The largest absolute Gasteiger partial charge is 0.443 e. The number of esters is 1. The number of aryl methyl sites for hydroxylation is 2. The van der Waals surface area contributed by atoms with E-state index in [4.69, 9.17) is 10.5 Å². The number of thiophene rings is 1. The van der Waals surface area contributed by atoms with E-state index in [1.807, 2.05) is 20.0 Å². The Kier molecular flexibility index (Phi) is 3.87. The van der Waals surface area contributed by atoms with Crippen LogP contribution < -0.4 is 5.73 Å². The number of nitrogens with zero attached hydrogens (tertiary/aromatic N) is 2. The molecule has 2 aromatic heterocycles. The van der Waals surface area contributed by atoms with Crippen LogP contribution in [-0.2, 0) is 16.6 Å². The number of fused-ring (bicyclic) bond motifs is 1. The molecule has 0 saturated carbocycles. The first-order chi connectivity index (χ1) is 11.0. The van der Waals surface area contributed by atoms with Crippen LogP contribution in [0.25, 0.3) is 10.2 Å². The number of hydrogen-bond donors (Lipinski definition) is 1. The number of ether oxygens (including phenoxy) is 1. The Balaban J connectivity index is 1.89. The molecule has 23 heavy (non-hydrogen) atoms. The second-order valence-corrected chi connectivity index (χ2v) is 6.17. The lowest BCUT2D eigenvalue weighted by Gasteiger charge is -2.14. The van der Waals surface area contributed by atoms with Crippen LogP contribution in [0.5, 0.6) is 0 Å². The standard InChI is InChI=1S/C16H15N3O3S/c1-9-11-8-12(23-15(11)19(2)18-9)16(21)22-13(14(17)20)10-6-4-3-5-7-10/h3-8,13H,1-2H3,(H2,17,20)/t13-/m0/s1. The number of rotatable bonds is 4. The van der Waals surface area contributed by atoms with Crippen molar-refractivity contribution in [3.8, 4) is 0 Å². The van der Waals surface area contributed by atoms with Crippen molar-refractivity contribution in [1.82, 2.24) is 9.78 Å². The molecule has 6 nitrogen and oxygen atoms in total. The molecule has 1 aromatic carbocycles. The SMILES string of the molecule is Cc1nn(C)c2sc(C(=O)O[C@H](C(N)=O)c3ccccc3)cc12. The smallest absolute Gasteiger partial charge is 0.349 e. The van der Waals surface area contributed by atoms with E-state index < -0.39 is 18.0 Å². The third kappa shape index (κ3) is 2.83. The summed E-state index contributed by atoms with van der Waals surface area (Å²) < 4.78 is 7.05. The summed E-state index contributed by atoms with van der Waals surface area (Å²) in [6.07, 6.45) is -1.10. The van der Waals surface area contributed by atoms with Crippen molar-refractivity contribution in [2.45, 2.75) is 13.0 Å². The molecule has 0 aliphatic rings. The third-order valence-electron chi connectivity index (χ3n) is 3.48. The molecule has 0 spiro atoms. The summed E-state index contributed by atoms with van der Waals surface area (Å²) in [5, 5.41) is 5.19. The highest BCUT2D eigenvalue weighted by molar-refractivity contribution is 7.20. The zero-order chi connectivity index (χ0) is 16.6. The van der Waals surface area contributed by atoms with Crippen LogP contribution >= 0.6 is 11.3 Å². The van der Waals surface area contributed by atoms with E-state index in [-0.39, 0.29) is 0 Å². The van der Waals surface area contributed by atoms with E-state index in [1.54, 1.807) is 35.0 Å². The van der Waals surface area contributed by atoms with Gasteiger partial charge in [-0.25, -0.2) is 4.79 Å². The van der Waals surface area contributed by atoms with Gasteiger partial charge in [0.2, 0.25) is 6.10 Å². The van der Waals surface area contributed by atoms with E-state index in [1.165, 1.54) is 11.3 Å². The zero-order valence-corrected chi connectivity index (χ0v) is 13.5. The van der Waals surface area contributed by atoms with Gasteiger partial charge in [-0.2, -0.15) is 5.10 Å². The van der Waals surface area contributed by atoms with E-state index in [9.17, 15) is 9.59 Å². The van der Waals surface area contributed by atoms with Crippen molar-refractivity contribution in [3.63, 3.8) is 0 Å². The molecule has 0 unspecified atom stereocenters. The first-order valence-electron chi connectivity index (χ1n) is 6.95. The van der Waals surface area contributed by atoms with Crippen LogP contribution in [0, 0.1) is 6.92 Å². The van der Waals surface area contributed by atoms with Gasteiger partial charge >= 0.3 is 5.97 Å². The molecule has 0 aliphatic heterocycles. The highest BCUT2D eigenvalue weighted by Crippen LogP contribution is 2.29. The van der Waals surface area contributed by atoms with Crippen LogP contribution in [0.3, 0.4) is 0 Å². The van der Waals surface area contributed by atoms with Gasteiger partial charge in [0.05, 0.1) is 5.69 Å². The van der Waals surface area contributed by atoms with Gasteiger partial charge in [0.15, 0.2) is 0 Å². The highest BCUT2D eigenvalue weighted by atomic mass is 32.1. The van der Waals surface area contributed by atoms with Crippen molar-refractivity contribution in [3.05, 3.63) is 52.5 Å². The van der Waals surface area contributed by atoms with E-state index in [0.717, 1.165) is 15.9 Å². The molecule has 2 N–H and O–H groups in total. The topological polar surface area (TPSA) is 87.2 Å². The average molecular weight is 329 g/mol. The van der Waals surface area contributed by atoms with Crippen molar-refractivity contribution in [1.29, 1.82) is 0 Å². The fourth-order valence-corrected chi connectivity index (χ4v) is 3.40. The average Bonchev–Trinajstić information content (AvgIpc) is 3.07. The number of hydrogen-bond acceptors (Lipinski definition) is 5. The molecule has 3 aromatic rings. The molecule has 2 heterocycles. The van der Waals surface area contributed by atoms with E-state index >= 15 is 0 Å². The molecule has 0 saturated heterocycles. The molecule has 7 heteroatoms. The third-order valence-corrected chi connectivity index (χ3v) is 4.66. The van der Waals surface area contributed by atoms with Crippen molar-refractivity contribution < 1.29 is 14.3 Å². The lowest BCUT2D eigenvalue weighted by atomic mass is 10.1. The maximum Gasteiger partial charge on any atom is 0.349 e. The predicted octanol–water partition coefficient (Wildman–Crippen LogP) is 2.33. The zero-order valence-electron chi connectivity index (χ0n) is 12.6. The number of aromatic nitrogens is 2. The van der Waals surface area contributed by atoms with Gasteiger partial charge < -0.3 is 10.5 Å². The van der Waals surface area contributed by atoms with Gasteiger partial charge in [-0.1, -0.05) is 30.3 Å². The number of amides is 1. The molecule has 0 radical (unpaired) electrons. The van der Waals surface area contributed by atoms with Crippen LogP contribution in [0.1, 0.15) is 27.0 Å². The summed E-state index contributed by atoms with van der Waals surface area (Å²) >= 11 is 1.28. The summed E-state index contributed by atoms with van der Waals surface area (Å²) in [5.74, 6) is -1.28. The van der Waals surface area contributed by atoms with Gasteiger partial charge in [0.1, 0.15) is 9.71 Å². The van der Waals surface area contributed by atoms with Crippen molar-refractivity contribution in [2.75, 3.05) is 0 Å². The van der Waals surface area contributed by atoms with Crippen molar-refractivity contribution >= 4 is 33.4 Å². The van der Waals surface area contributed by atoms with Gasteiger partial charge in [0, 0.05) is 18.0 Å². The molecule has 118 valence electrons. The van der Waals surface area contributed by atoms with Gasteiger partial charge in [0.25, 0.3) is 5.91 Å². The molecule has 0 fully saturated rings. The molecular weight excluding hydrogens is 314 g/mol. The van der Waals surface area contributed by atoms with Gasteiger partial charge in [-0.3, -0.25) is 9.48 Å². The first-order valence-corrected chi connectivity index (χ1v) is 7.77. The number of primary amides is 1. The van der Waals surface area contributed by atoms with Crippen molar-refractivity contribution in [2.24, 2.45) is 12.8 Å². The predicted molar refractivity (Wildman–Crippen MR) is 87.1 cm³/mol. The number of carbonyl (C=O) groups excluding carboxylic acids is 2. The Morgan fingerprint density at radius 2 is 2.00 bits per heavy atom.